The standard InChI is InChI=1S/C23H28Cl2N2O2S/c1-3-21(23(29)26-4-2)27(16-17-8-5-6-9-20(17)25)22(28)10-7-15-30-19-13-11-18(24)12-14-19/h5-6,8-9,11-14,21H,3-4,7,10,15-16H2,1-2H3,(H,26,29). The van der Waals surface area contributed by atoms with Crippen molar-refractivity contribution >= 4 is 46.8 Å². The molecule has 0 spiro atoms. The third-order valence-corrected chi connectivity index (χ3v) is 6.37. The van der Waals surface area contributed by atoms with Gasteiger partial charge in [-0.25, -0.2) is 0 Å². The Hall–Kier alpha value is -1.69. The molecule has 0 fully saturated rings. The lowest BCUT2D eigenvalue weighted by Gasteiger charge is -2.31. The molecule has 2 rings (SSSR count). The van der Waals surface area contributed by atoms with Crippen LogP contribution in [-0.2, 0) is 16.1 Å². The van der Waals surface area contributed by atoms with E-state index < -0.39 is 6.04 Å². The Kier molecular flexibility index (Phi) is 10.6. The van der Waals surface area contributed by atoms with Gasteiger partial charge in [-0.1, -0.05) is 48.3 Å². The number of nitrogens with one attached hydrogen (secondary N) is 1. The van der Waals surface area contributed by atoms with E-state index in [2.05, 4.69) is 5.32 Å². The molecule has 1 N–H and O–H groups in total. The number of benzene rings is 2. The van der Waals surface area contributed by atoms with Crippen LogP contribution >= 0.6 is 35.0 Å². The third-order valence-electron chi connectivity index (χ3n) is 4.65. The van der Waals surface area contributed by atoms with E-state index in [1.807, 2.05) is 56.3 Å². The summed E-state index contributed by atoms with van der Waals surface area (Å²) < 4.78 is 0. The Morgan fingerprint density at radius 1 is 1.07 bits per heavy atom. The van der Waals surface area contributed by atoms with Crippen LogP contribution in [-0.4, -0.2) is 35.1 Å². The Balaban J connectivity index is 2.04. The van der Waals surface area contributed by atoms with Gasteiger partial charge in [-0.15, -0.1) is 11.8 Å². The van der Waals surface area contributed by atoms with Crippen LogP contribution in [0.3, 0.4) is 0 Å². The molecule has 0 aliphatic carbocycles. The molecule has 1 atom stereocenters. The minimum Gasteiger partial charge on any atom is -0.355 e. The molecule has 2 amide bonds. The highest BCUT2D eigenvalue weighted by atomic mass is 35.5. The van der Waals surface area contributed by atoms with Crippen molar-refractivity contribution in [1.82, 2.24) is 10.2 Å². The number of carbonyl (C=O) groups is 2. The topological polar surface area (TPSA) is 49.4 Å². The highest BCUT2D eigenvalue weighted by Crippen LogP contribution is 2.23. The summed E-state index contributed by atoms with van der Waals surface area (Å²) in [7, 11) is 0. The maximum absolute atomic E-state index is 13.1. The van der Waals surface area contributed by atoms with Crippen LogP contribution in [0.1, 0.15) is 38.7 Å². The monoisotopic (exact) mass is 466 g/mol. The summed E-state index contributed by atoms with van der Waals surface area (Å²) in [5.74, 6) is 0.645. The fourth-order valence-electron chi connectivity index (χ4n) is 3.11. The number of nitrogens with zero attached hydrogens (tertiary/aromatic N) is 1. The molecule has 2 aromatic rings. The zero-order valence-corrected chi connectivity index (χ0v) is 19.7. The fraction of sp³-hybridized carbons (Fsp3) is 0.391. The van der Waals surface area contributed by atoms with Crippen LogP contribution in [0.4, 0.5) is 0 Å². The van der Waals surface area contributed by atoms with E-state index in [1.165, 1.54) is 0 Å². The van der Waals surface area contributed by atoms with Crippen LogP contribution in [0.15, 0.2) is 53.4 Å². The summed E-state index contributed by atoms with van der Waals surface area (Å²) in [6.07, 6.45) is 1.64. The number of carbonyl (C=O) groups excluding carboxylic acids is 2. The molecule has 30 heavy (non-hydrogen) atoms. The summed E-state index contributed by atoms with van der Waals surface area (Å²) in [6.45, 7) is 4.64. The molecular formula is C23H28Cl2N2O2S. The lowest BCUT2D eigenvalue weighted by molar-refractivity contribution is -0.141. The smallest absolute Gasteiger partial charge is 0.242 e. The average Bonchev–Trinajstić information content (AvgIpc) is 2.73. The summed E-state index contributed by atoms with van der Waals surface area (Å²) in [5.41, 5.74) is 0.839. The molecule has 0 heterocycles. The Morgan fingerprint density at radius 2 is 1.77 bits per heavy atom. The van der Waals surface area contributed by atoms with Crippen molar-refractivity contribution in [1.29, 1.82) is 0 Å². The molecular weight excluding hydrogens is 439 g/mol. The number of rotatable bonds is 11. The predicted octanol–water partition coefficient (Wildman–Crippen LogP) is 5.81. The first-order valence-corrected chi connectivity index (χ1v) is 11.9. The van der Waals surface area contributed by atoms with E-state index in [0.717, 1.165) is 22.6 Å². The second kappa shape index (κ2) is 12.9. The zero-order chi connectivity index (χ0) is 21.9. The maximum Gasteiger partial charge on any atom is 0.242 e. The zero-order valence-electron chi connectivity index (χ0n) is 17.4. The van der Waals surface area contributed by atoms with Crippen molar-refractivity contribution in [2.45, 2.75) is 50.6 Å². The first kappa shape index (κ1) is 24.6. The first-order valence-electron chi connectivity index (χ1n) is 10.1. The van der Waals surface area contributed by atoms with Crippen molar-refractivity contribution < 1.29 is 9.59 Å². The summed E-state index contributed by atoms with van der Waals surface area (Å²) in [5, 5.41) is 4.15. The van der Waals surface area contributed by atoms with E-state index in [1.54, 1.807) is 22.7 Å². The normalized spacial score (nSPS) is 11.7. The molecule has 0 aromatic heterocycles. The van der Waals surface area contributed by atoms with E-state index in [0.29, 0.717) is 36.0 Å². The summed E-state index contributed by atoms with van der Waals surface area (Å²) in [6, 6.07) is 14.6. The van der Waals surface area contributed by atoms with E-state index >= 15 is 0 Å². The van der Waals surface area contributed by atoms with E-state index in [-0.39, 0.29) is 11.8 Å². The highest BCUT2D eigenvalue weighted by molar-refractivity contribution is 7.99. The van der Waals surface area contributed by atoms with Crippen LogP contribution < -0.4 is 5.32 Å². The Morgan fingerprint density at radius 3 is 2.40 bits per heavy atom. The van der Waals surface area contributed by atoms with Gasteiger partial charge in [0, 0.05) is 34.5 Å². The molecule has 162 valence electrons. The van der Waals surface area contributed by atoms with Gasteiger partial charge in [-0.05, 0) is 61.4 Å². The van der Waals surface area contributed by atoms with Gasteiger partial charge < -0.3 is 10.2 Å². The number of halogens is 2. The Labute approximate surface area is 193 Å². The van der Waals surface area contributed by atoms with Gasteiger partial charge in [0.2, 0.25) is 11.8 Å². The number of hydrogen-bond acceptors (Lipinski definition) is 3. The molecule has 4 nitrogen and oxygen atoms in total. The number of amides is 2. The van der Waals surface area contributed by atoms with Crippen molar-refractivity contribution in [3.63, 3.8) is 0 Å². The van der Waals surface area contributed by atoms with Gasteiger partial charge in [-0.3, -0.25) is 9.59 Å². The Bertz CT molecular complexity index is 830. The molecule has 0 bridgehead atoms. The van der Waals surface area contributed by atoms with E-state index in [9.17, 15) is 9.59 Å². The number of likely N-dealkylation sites (N-methyl/N-ethyl adjacent to an activating group) is 1. The molecule has 2 aromatic carbocycles. The van der Waals surface area contributed by atoms with Gasteiger partial charge in [0.25, 0.3) is 0 Å². The molecule has 0 radical (unpaired) electrons. The molecule has 0 aliphatic heterocycles. The molecule has 7 heteroatoms. The number of hydrogen-bond donors (Lipinski definition) is 1. The molecule has 1 unspecified atom stereocenters. The number of thioether (sulfide) groups is 1. The lowest BCUT2D eigenvalue weighted by Crippen LogP contribution is -2.49. The molecule has 0 aliphatic rings. The van der Waals surface area contributed by atoms with Crippen LogP contribution in [0.25, 0.3) is 0 Å². The van der Waals surface area contributed by atoms with Gasteiger partial charge in [0.15, 0.2) is 0 Å². The maximum atomic E-state index is 13.1. The van der Waals surface area contributed by atoms with Crippen LogP contribution in [0, 0.1) is 0 Å². The van der Waals surface area contributed by atoms with Crippen LogP contribution in [0.5, 0.6) is 0 Å². The van der Waals surface area contributed by atoms with Gasteiger partial charge in [0.1, 0.15) is 6.04 Å². The van der Waals surface area contributed by atoms with Crippen molar-refractivity contribution in [2.75, 3.05) is 12.3 Å². The quantitative estimate of drug-likeness (QED) is 0.335. The fourth-order valence-corrected chi connectivity index (χ4v) is 4.28. The van der Waals surface area contributed by atoms with Crippen LogP contribution in [0.2, 0.25) is 10.0 Å². The van der Waals surface area contributed by atoms with Crippen molar-refractivity contribution in [3.8, 4) is 0 Å². The van der Waals surface area contributed by atoms with Gasteiger partial charge >= 0.3 is 0 Å². The van der Waals surface area contributed by atoms with Crippen molar-refractivity contribution in [3.05, 3.63) is 64.1 Å². The largest absolute Gasteiger partial charge is 0.355 e. The highest BCUT2D eigenvalue weighted by Gasteiger charge is 2.28. The second-order valence-corrected chi connectivity index (χ2v) is 8.85. The predicted molar refractivity (Wildman–Crippen MR) is 126 cm³/mol. The lowest BCUT2D eigenvalue weighted by atomic mass is 10.1. The minimum absolute atomic E-state index is 0.0373. The third kappa shape index (κ3) is 7.53. The van der Waals surface area contributed by atoms with Gasteiger partial charge in [-0.2, -0.15) is 0 Å². The molecule has 0 saturated carbocycles. The molecule has 0 saturated heterocycles. The summed E-state index contributed by atoms with van der Waals surface area (Å²) >= 11 is 13.9. The first-order chi connectivity index (χ1) is 14.5. The second-order valence-electron chi connectivity index (χ2n) is 6.84. The van der Waals surface area contributed by atoms with Gasteiger partial charge in [0.05, 0.1) is 0 Å². The summed E-state index contributed by atoms with van der Waals surface area (Å²) in [4.78, 5) is 28.5. The minimum atomic E-state index is -0.516. The van der Waals surface area contributed by atoms with E-state index in [4.69, 9.17) is 23.2 Å². The van der Waals surface area contributed by atoms with Crippen molar-refractivity contribution in [2.24, 2.45) is 0 Å². The SMILES string of the molecule is CCNC(=O)C(CC)N(Cc1ccccc1Cl)C(=O)CCCSc1ccc(Cl)cc1. The average molecular weight is 467 g/mol.